The maximum atomic E-state index is 4.02. The number of thioether (sulfide) groups is 1. The zero-order chi connectivity index (χ0) is 9.10. The summed E-state index contributed by atoms with van der Waals surface area (Å²) in [6.45, 7) is 2.24. The number of nitrogens with zero attached hydrogens (tertiary/aromatic N) is 1. The third kappa shape index (κ3) is 2.23. The number of hydrogen-bond donors (Lipinski definition) is 1. The molecule has 0 radical (unpaired) electrons. The SMILES string of the molecule is CC1CCSC(c2ccncc2)N1. The lowest BCUT2D eigenvalue weighted by molar-refractivity contribution is 0.512. The first-order chi connectivity index (χ1) is 6.36. The van der Waals surface area contributed by atoms with Crippen molar-refractivity contribution in [3.05, 3.63) is 30.1 Å². The van der Waals surface area contributed by atoms with Gasteiger partial charge in [-0.15, -0.1) is 11.8 Å². The first kappa shape index (κ1) is 9.03. The molecule has 13 heavy (non-hydrogen) atoms. The normalized spacial score (nSPS) is 28.7. The summed E-state index contributed by atoms with van der Waals surface area (Å²) in [7, 11) is 0. The Morgan fingerprint density at radius 3 is 2.92 bits per heavy atom. The number of pyridine rings is 1. The van der Waals surface area contributed by atoms with Gasteiger partial charge in [0.25, 0.3) is 0 Å². The zero-order valence-corrected chi connectivity index (χ0v) is 8.55. The summed E-state index contributed by atoms with van der Waals surface area (Å²) in [5.74, 6) is 1.25. The Bertz CT molecular complexity index is 263. The predicted octanol–water partition coefficient (Wildman–Crippen LogP) is 2.20. The van der Waals surface area contributed by atoms with Gasteiger partial charge in [-0.2, -0.15) is 0 Å². The Hall–Kier alpha value is -0.540. The topological polar surface area (TPSA) is 24.9 Å². The Balaban J connectivity index is 2.08. The molecule has 0 aliphatic carbocycles. The molecule has 1 saturated heterocycles. The van der Waals surface area contributed by atoms with Crippen LogP contribution in [-0.4, -0.2) is 16.8 Å². The van der Waals surface area contributed by atoms with Gasteiger partial charge in [0.2, 0.25) is 0 Å². The van der Waals surface area contributed by atoms with Gasteiger partial charge in [-0.25, -0.2) is 0 Å². The van der Waals surface area contributed by atoms with E-state index in [9.17, 15) is 0 Å². The first-order valence-corrected chi connectivity index (χ1v) is 5.69. The molecule has 2 unspecified atom stereocenters. The highest BCUT2D eigenvalue weighted by molar-refractivity contribution is 7.99. The average molecular weight is 194 g/mol. The molecule has 1 aliphatic rings. The van der Waals surface area contributed by atoms with E-state index in [1.807, 2.05) is 24.2 Å². The second-order valence-corrected chi connectivity index (χ2v) is 4.60. The summed E-state index contributed by atoms with van der Waals surface area (Å²) < 4.78 is 0. The van der Waals surface area contributed by atoms with Crippen LogP contribution in [0.25, 0.3) is 0 Å². The van der Waals surface area contributed by atoms with E-state index in [-0.39, 0.29) is 0 Å². The summed E-state index contributed by atoms with van der Waals surface area (Å²) in [4.78, 5) is 4.02. The quantitative estimate of drug-likeness (QED) is 0.742. The monoisotopic (exact) mass is 194 g/mol. The molecule has 1 aliphatic heterocycles. The van der Waals surface area contributed by atoms with Crippen molar-refractivity contribution in [2.45, 2.75) is 24.8 Å². The fraction of sp³-hybridized carbons (Fsp3) is 0.500. The highest BCUT2D eigenvalue weighted by Gasteiger charge is 2.19. The van der Waals surface area contributed by atoms with E-state index in [0.29, 0.717) is 11.4 Å². The van der Waals surface area contributed by atoms with Gasteiger partial charge < -0.3 is 0 Å². The second-order valence-electron chi connectivity index (χ2n) is 3.39. The molecule has 0 bridgehead atoms. The summed E-state index contributed by atoms with van der Waals surface area (Å²) >= 11 is 1.98. The maximum Gasteiger partial charge on any atom is 0.0792 e. The number of hydrogen-bond acceptors (Lipinski definition) is 3. The molecule has 0 amide bonds. The van der Waals surface area contributed by atoms with Gasteiger partial charge in [-0.3, -0.25) is 10.3 Å². The van der Waals surface area contributed by atoms with Gasteiger partial charge in [-0.1, -0.05) is 0 Å². The lowest BCUT2D eigenvalue weighted by atomic mass is 10.2. The predicted molar refractivity (Wildman–Crippen MR) is 56.7 cm³/mol. The third-order valence-corrected chi connectivity index (χ3v) is 3.49. The molecule has 2 heterocycles. The van der Waals surface area contributed by atoms with Crippen LogP contribution in [0.15, 0.2) is 24.5 Å². The highest BCUT2D eigenvalue weighted by atomic mass is 32.2. The number of aromatic nitrogens is 1. The van der Waals surface area contributed by atoms with Crippen LogP contribution in [0.5, 0.6) is 0 Å². The highest BCUT2D eigenvalue weighted by Crippen LogP contribution is 2.30. The summed E-state index contributed by atoms with van der Waals surface area (Å²) in [6.07, 6.45) is 4.99. The average Bonchev–Trinajstić information content (AvgIpc) is 2.19. The van der Waals surface area contributed by atoms with Crippen LogP contribution in [0.1, 0.15) is 24.3 Å². The minimum atomic E-state index is 0.465. The fourth-order valence-electron chi connectivity index (χ4n) is 1.48. The largest absolute Gasteiger partial charge is 0.299 e. The molecule has 1 N–H and O–H groups in total. The standard InChI is InChI=1S/C10H14N2S/c1-8-4-7-13-10(12-8)9-2-5-11-6-3-9/h2-3,5-6,8,10,12H,4,7H2,1H3. The molecule has 1 aromatic rings. The van der Waals surface area contributed by atoms with E-state index in [2.05, 4.69) is 29.4 Å². The molecule has 70 valence electrons. The Morgan fingerprint density at radius 1 is 1.46 bits per heavy atom. The molecule has 0 spiro atoms. The minimum absolute atomic E-state index is 0.465. The van der Waals surface area contributed by atoms with Gasteiger partial charge in [0, 0.05) is 18.4 Å². The third-order valence-electron chi connectivity index (χ3n) is 2.28. The van der Waals surface area contributed by atoms with Crippen LogP contribution in [-0.2, 0) is 0 Å². The minimum Gasteiger partial charge on any atom is -0.299 e. The number of rotatable bonds is 1. The molecular formula is C10H14N2S. The van der Waals surface area contributed by atoms with Gasteiger partial charge in [0.05, 0.1) is 5.37 Å². The van der Waals surface area contributed by atoms with Crippen molar-refractivity contribution in [3.63, 3.8) is 0 Å². The first-order valence-electron chi connectivity index (χ1n) is 4.64. The molecule has 0 aromatic carbocycles. The molecule has 0 saturated carbocycles. The van der Waals surface area contributed by atoms with Crippen LogP contribution in [0.3, 0.4) is 0 Å². The summed E-state index contributed by atoms with van der Waals surface area (Å²) in [5, 5.41) is 4.03. The lowest BCUT2D eigenvalue weighted by Crippen LogP contribution is -2.33. The molecule has 3 heteroatoms. The van der Waals surface area contributed by atoms with Crippen LogP contribution in [0.2, 0.25) is 0 Å². The zero-order valence-electron chi connectivity index (χ0n) is 7.73. The summed E-state index contributed by atoms with van der Waals surface area (Å²) in [5.41, 5.74) is 1.34. The van der Waals surface area contributed by atoms with Crippen molar-refractivity contribution < 1.29 is 0 Å². The van der Waals surface area contributed by atoms with E-state index < -0.39 is 0 Å². The Labute approximate surface area is 83.1 Å². The van der Waals surface area contributed by atoms with Crippen LogP contribution < -0.4 is 5.32 Å². The van der Waals surface area contributed by atoms with Crippen LogP contribution in [0.4, 0.5) is 0 Å². The second kappa shape index (κ2) is 4.11. The van der Waals surface area contributed by atoms with E-state index >= 15 is 0 Å². The van der Waals surface area contributed by atoms with Gasteiger partial charge in [-0.05, 0) is 36.8 Å². The molecule has 1 aromatic heterocycles. The maximum absolute atomic E-state index is 4.02. The van der Waals surface area contributed by atoms with Crippen molar-refractivity contribution >= 4 is 11.8 Å². The molecule has 1 fully saturated rings. The van der Waals surface area contributed by atoms with Gasteiger partial charge in [0.1, 0.15) is 0 Å². The van der Waals surface area contributed by atoms with Crippen LogP contribution >= 0.6 is 11.8 Å². The Morgan fingerprint density at radius 2 is 2.23 bits per heavy atom. The fourth-order valence-corrected chi connectivity index (χ4v) is 2.89. The lowest BCUT2D eigenvalue weighted by Gasteiger charge is -2.28. The van der Waals surface area contributed by atoms with E-state index in [4.69, 9.17) is 0 Å². The molecule has 2 atom stereocenters. The van der Waals surface area contributed by atoms with Crippen molar-refractivity contribution in [1.82, 2.24) is 10.3 Å². The van der Waals surface area contributed by atoms with E-state index in [1.54, 1.807) is 0 Å². The molecule has 2 rings (SSSR count). The molecular weight excluding hydrogens is 180 g/mol. The smallest absolute Gasteiger partial charge is 0.0792 e. The number of nitrogens with one attached hydrogen (secondary N) is 1. The van der Waals surface area contributed by atoms with Gasteiger partial charge in [0.15, 0.2) is 0 Å². The van der Waals surface area contributed by atoms with E-state index in [1.165, 1.54) is 17.7 Å². The van der Waals surface area contributed by atoms with Crippen molar-refractivity contribution in [1.29, 1.82) is 0 Å². The molecule has 2 nitrogen and oxygen atoms in total. The van der Waals surface area contributed by atoms with Crippen molar-refractivity contribution in [2.75, 3.05) is 5.75 Å². The Kier molecular flexibility index (Phi) is 2.86. The van der Waals surface area contributed by atoms with Crippen LogP contribution in [0, 0.1) is 0 Å². The van der Waals surface area contributed by atoms with Crippen molar-refractivity contribution in [2.24, 2.45) is 0 Å². The van der Waals surface area contributed by atoms with Crippen molar-refractivity contribution in [3.8, 4) is 0 Å². The van der Waals surface area contributed by atoms with E-state index in [0.717, 1.165) is 0 Å². The summed E-state index contributed by atoms with van der Waals surface area (Å²) in [6, 6.07) is 4.81. The van der Waals surface area contributed by atoms with Gasteiger partial charge >= 0.3 is 0 Å².